The first-order chi connectivity index (χ1) is 5.92. The minimum absolute atomic E-state index is 0.830. The van der Waals surface area contributed by atoms with Crippen molar-refractivity contribution in [2.45, 2.75) is 57.8 Å². The molecule has 0 aromatic rings. The highest BCUT2D eigenvalue weighted by atomic mass is 14.6. The van der Waals surface area contributed by atoms with E-state index in [9.17, 15) is 0 Å². The van der Waals surface area contributed by atoms with Gasteiger partial charge in [-0.25, -0.2) is 0 Å². The van der Waals surface area contributed by atoms with Crippen LogP contribution >= 0.6 is 0 Å². The molecule has 3 aliphatic rings. The predicted molar refractivity (Wildman–Crippen MR) is 50.7 cm³/mol. The first-order valence-corrected chi connectivity index (χ1v) is 5.77. The van der Waals surface area contributed by atoms with E-state index in [-0.39, 0.29) is 0 Å². The Hall–Kier alpha value is 0. The van der Waals surface area contributed by atoms with Crippen LogP contribution in [0.5, 0.6) is 0 Å². The fraction of sp³-hybridized carbons (Fsp3) is 0.917. The average Bonchev–Trinajstić information content (AvgIpc) is 2.64. The van der Waals surface area contributed by atoms with Gasteiger partial charge in [-0.1, -0.05) is 19.3 Å². The fourth-order valence-corrected chi connectivity index (χ4v) is 3.54. The molecule has 3 aliphatic carbocycles. The lowest BCUT2D eigenvalue weighted by Crippen LogP contribution is -2.37. The molecule has 12 heavy (non-hydrogen) atoms. The molecule has 0 nitrogen and oxygen atoms in total. The Morgan fingerprint density at radius 1 is 0.917 bits per heavy atom. The molecule has 3 fully saturated rings. The second-order valence-electron chi connectivity index (χ2n) is 5.09. The second kappa shape index (κ2) is 2.49. The highest BCUT2D eigenvalue weighted by molar-refractivity contribution is 5.18. The molecule has 67 valence electrons. The first kappa shape index (κ1) is 7.41. The van der Waals surface area contributed by atoms with Gasteiger partial charge in [0.2, 0.25) is 0 Å². The van der Waals surface area contributed by atoms with Gasteiger partial charge in [0.05, 0.1) is 0 Å². The maximum atomic E-state index is 2.00. The van der Waals surface area contributed by atoms with Crippen LogP contribution in [0.15, 0.2) is 0 Å². The molecule has 0 amide bonds. The lowest BCUT2D eigenvalue weighted by atomic mass is 9.57. The summed E-state index contributed by atoms with van der Waals surface area (Å²) in [6.07, 6.45) is 13.8. The smallest absolute Gasteiger partial charge is 0.0176 e. The topological polar surface area (TPSA) is 0 Å². The Bertz CT molecular complexity index is 168. The summed E-state index contributed by atoms with van der Waals surface area (Å²) in [5.74, 6) is 3.15. The third-order valence-corrected chi connectivity index (χ3v) is 4.52. The summed E-state index contributed by atoms with van der Waals surface area (Å²) in [5.41, 5.74) is 0.830. The van der Waals surface area contributed by atoms with E-state index in [2.05, 4.69) is 0 Å². The van der Waals surface area contributed by atoms with Crippen molar-refractivity contribution in [2.75, 3.05) is 0 Å². The molecule has 0 spiro atoms. The number of rotatable bonds is 2. The average molecular weight is 163 g/mol. The van der Waals surface area contributed by atoms with E-state index in [0.29, 0.717) is 0 Å². The molecule has 0 aliphatic heterocycles. The van der Waals surface area contributed by atoms with E-state index in [1.54, 1.807) is 25.7 Å². The molecule has 0 aromatic carbocycles. The van der Waals surface area contributed by atoms with Gasteiger partial charge in [-0.15, -0.1) is 0 Å². The lowest BCUT2D eigenvalue weighted by Gasteiger charge is -2.47. The Labute approximate surface area is 75.7 Å². The van der Waals surface area contributed by atoms with Crippen molar-refractivity contribution in [1.29, 1.82) is 0 Å². The fourth-order valence-electron chi connectivity index (χ4n) is 3.54. The van der Waals surface area contributed by atoms with Crippen molar-refractivity contribution < 1.29 is 0 Å². The van der Waals surface area contributed by atoms with Crippen LogP contribution in [0.1, 0.15) is 57.8 Å². The van der Waals surface area contributed by atoms with Gasteiger partial charge in [0.1, 0.15) is 0 Å². The van der Waals surface area contributed by atoms with Gasteiger partial charge < -0.3 is 0 Å². The summed E-state index contributed by atoms with van der Waals surface area (Å²) >= 11 is 0. The Balaban J connectivity index is 1.76. The molecule has 1 radical (unpaired) electrons. The number of hydrogen-bond donors (Lipinski definition) is 0. The summed E-state index contributed by atoms with van der Waals surface area (Å²) in [6.45, 7) is 0. The molecule has 3 rings (SSSR count). The zero-order valence-corrected chi connectivity index (χ0v) is 7.94. The van der Waals surface area contributed by atoms with E-state index >= 15 is 0 Å². The Kier molecular flexibility index (Phi) is 1.54. The van der Waals surface area contributed by atoms with Crippen molar-refractivity contribution in [3.63, 3.8) is 0 Å². The zero-order chi connectivity index (χ0) is 8.02. The molecular weight excluding hydrogens is 144 g/mol. The monoisotopic (exact) mass is 163 g/mol. The van der Waals surface area contributed by atoms with Gasteiger partial charge in [-0.2, -0.15) is 0 Å². The van der Waals surface area contributed by atoms with Gasteiger partial charge in [-0.05, 0) is 55.8 Å². The normalized spacial score (nSPS) is 35.0. The summed E-state index contributed by atoms with van der Waals surface area (Å²) in [5, 5.41) is 0. The van der Waals surface area contributed by atoms with Crippen molar-refractivity contribution in [3.8, 4) is 0 Å². The molecule has 0 heteroatoms. The van der Waals surface area contributed by atoms with Crippen molar-refractivity contribution in [2.24, 2.45) is 11.3 Å². The quantitative estimate of drug-likeness (QED) is 0.582. The van der Waals surface area contributed by atoms with Crippen LogP contribution in [0.25, 0.3) is 0 Å². The molecule has 3 saturated carbocycles. The predicted octanol–water partition coefficient (Wildman–Crippen LogP) is 3.72. The molecule has 0 atom stereocenters. The minimum atomic E-state index is 0.830. The van der Waals surface area contributed by atoms with Gasteiger partial charge >= 0.3 is 0 Å². The maximum absolute atomic E-state index is 2.00. The minimum Gasteiger partial charge on any atom is -0.0527 e. The van der Waals surface area contributed by atoms with E-state index < -0.39 is 0 Å². The van der Waals surface area contributed by atoms with Gasteiger partial charge in [0.25, 0.3) is 0 Å². The highest BCUT2D eigenvalue weighted by Crippen LogP contribution is 2.64. The third-order valence-electron chi connectivity index (χ3n) is 4.52. The largest absolute Gasteiger partial charge is 0.0527 e. The Morgan fingerprint density at radius 2 is 1.58 bits per heavy atom. The summed E-state index contributed by atoms with van der Waals surface area (Å²) in [4.78, 5) is 0. The van der Waals surface area contributed by atoms with Crippen LogP contribution < -0.4 is 0 Å². The van der Waals surface area contributed by atoms with E-state index in [1.807, 2.05) is 5.92 Å². The molecule has 0 heterocycles. The molecule has 0 unspecified atom stereocenters. The molecular formula is C12H19. The third kappa shape index (κ3) is 0.900. The van der Waals surface area contributed by atoms with Crippen LogP contribution in [0.2, 0.25) is 0 Å². The van der Waals surface area contributed by atoms with Crippen LogP contribution in [0.3, 0.4) is 0 Å². The van der Waals surface area contributed by atoms with Crippen LogP contribution in [-0.4, -0.2) is 0 Å². The highest BCUT2D eigenvalue weighted by Gasteiger charge is 2.53. The standard InChI is InChI=1S/C12H19/c1-2-5-10(4-1)12(8-3-9-12)11-6-7-11/h11H,1-9H2. The molecule has 0 N–H and O–H groups in total. The summed E-state index contributed by atoms with van der Waals surface area (Å²) in [7, 11) is 0. The molecule has 0 saturated heterocycles. The summed E-state index contributed by atoms with van der Waals surface area (Å²) < 4.78 is 0. The van der Waals surface area contributed by atoms with Gasteiger partial charge in [0, 0.05) is 0 Å². The number of hydrogen-bond acceptors (Lipinski definition) is 0. The van der Waals surface area contributed by atoms with Crippen LogP contribution in [0.4, 0.5) is 0 Å². The van der Waals surface area contributed by atoms with E-state index in [4.69, 9.17) is 0 Å². The lowest BCUT2D eigenvalue weighted by molar-refractivity contribution is 0.113. The van der Waals surface area contributed by atoms with Gasteiger partial charge in [0.15, 0.2) is 0 Å². The molecule has 0 bridgehead atoms. The van der Waals surface area contributed by atoms with E-state index in [0.717, 1.165) is 11.3 Å². The van der Waals surface area contributed by atoms with Crippen molar-refractivity contribution >= 4 is 0 Å². The first-order valence-electron chi connectivity index (χ1n) is 5.77. The van der Waals surface area contributed by atoms with E-state index in [1.165, 1.54) is 32.1 Å². The van der Waals surface area contributed by atoms with Crippen LogP contribution in [0, 0.1) is 17.3 Å². The SMILES string of the molecule is C1CC[C](C2(C3CC3)CCC2)C1. The Morgan fingerprint density at radius 3 is 2.00 bits per heavy atom. The zero-order valence-electron chi connectivity index (χ0n) is 7.94. The van der Waals surface area contributed by atoms with Crippen molar-refractivity contribution in [3.05, 3.63) is 5.92 Å². The van der Waals surface area contributed by atoms with Crippen LogP contribution in [-0.2, 0) is 0 Å². The molecule has 0 aromatic heterocycles. The second-order valence-corrected chi connectivity index (χ2v) is 5.09. The maximum Gasteiger partial charge on any atom is -0.0176 e. The van der Waals surface area contributed by atoms with Gasteiger partial charge in [-0.3, -0.25) is 0 Å². The summed E-state index contributed by atoms with van der Waals surface area (Å²) in [6, 6.07) is 0. The van der Waals surface area contributed by atoms with Crippen molar-refractivity contribution in [1.82, 2.24) is 0 Å².